The monoisotopic (exact) mass is 249 g/mol. The van der Waals surface area contributed by atoms with Crippen LogP contribution in [0.15, 0.2) is 24.3 Å². The van der Waals surface area contributed by atoms with Crippen LogP contribution >= 0.6 is 0 Å². The Morgan fingerprint density at radius 1 is 1.39 bits per heavy atom. The zero-order chi connectivity index (χ0) is 13.5. The summed E-state index contributed by atoms with van der Waals surface area (Å²) >= 11 is 0. The number of nitrogens with one attached hydrogen (secondary N) is 1. The molecule has 3 nitrogen and oxygen atoms in total. The Morgan fingerprint density at radius 3 is 2.61 bits per heavy atom. The van der Waals surface area contributed by atoms with Gasteiger partial charge in [-0.25, -0.2) is 0 Å². The van der Waals surface area contributed by atoms with Crippen LogP contribution in [0.2, 0.25) is 0 Å². The summed E-state index contributed by atoms with van der Waals surface area (Å²) in [6.45, 7) is 6.14. The molecule has 1 aromatic carbocycles. The third kappa shape index (κ3) is 4.15. The van der Waals surface area contributed by atoms with E-state index in [0.717, 1.165) is 12.8 Å². The van der Waals surface area contributed by atoms with Crippen molar-refractivity contribution in [3.63, 3.8) is 0 Å². The van der Waals surface area contributed by atoms with Gasteiger partial charge in [0, 0.05) is 6.04 Å². The average Bonchev–Trinajstić information content (AvgIpc) is 2.34. The van der Waals surface area contributed by atoms with Crippen LogP contribution in [0.3, 0.4) is 0 Å². The zero-order valence-electron chi connectivity index (χ0n) is 11.4. The molecule has 3 heteroatoms. The van der Waals surface area contributed by atoms with Gasteiger partial charge in [0.2, 0.25) is 0 Å². The number of aliphatic carboxylic acids is 1. The maximum absolute atomic E-state index is 11.2. The Morgan fingerprint density at radius 2 is 2.06 bits per heavy atom. The van der Waals surface area contributed by atoms with Crippen LogP contribution in [0.25, 0.3) is 0 Å². The number of benzene rings is 1. The van der Waals surface area contributed by atoms with Gasteiger partial charge in [0.15, 0.2) is 0 Å². The van der Waals surface area contributed by atoms with Crippen molar-refractivity contribution in [1.29, 1.82) is 0 Å². The molecule has 0 aliphatic heterocycles. The lowest BCUT2D eigenvalue weighted by molar-refractivity contribution is -0.139. The van der Waals surface area contributed by atoms with Gasteiger partial charge >= 0.3 is 5.97 Å². The second-order valence-corrected chi connectivity index (χ2v) is 4.78. The van der Waals surface area contributed by atoms with Gasteiger partial charge in [-0.2, -0.15) is 0 Å². The number of carboxylic acid groups (broad SMARTS) is 1. The standard InChI is InChI=1S/C15H23NO2/c1-4-5-10-14(15(17)18)16-12(3)13-9-7-6-8-11(13)2/h6-9,12,14,16H,4-5,10H2,1-3H3,(H,17,18)/t12-,14?/m0/s1. The predicted molar refractivity (Wildman–Crippen MR) is 73.7 cm³/mol. The molecule has 0 aromatic heterocycles. The van der Waals surface area contributed by atoms with Gasteiger partial charge in [-0.3, -0.25) is 10.1 Å². The van der Waals surface area contributed by atoms with Crippen molar-refractivity contribution in [2.45, 2.75) is 52.1 Å². The topological polar surface area (TPSA) is 49.3 Å². The second kappa shape index (κ2) is 7.17. The minimum absolute atomic E-state index is 0.0594. The number of hydrogen-bond acceptors (Lipinski definition) is 2. The normalized spacial score (nSPS) is 14.2. The Bertz CT molecular complexity index is 390. The predicted octanol–water partition coefficient (Wildman–Crippen LogP) is 3.29. The van der Waals surface area contributed by atoms with Crippen LogP contribution in [0.5, 0.6) is 0 Å². The number of aryl methyl sites for hydroxylation is 1. The molecule has 2 atom stereocenters. The van der Waals surface area contributed by atoms with Crippen LogP contribution in [-0.2, 0) is 4.79 Å². The summed E-state index contributed by atoms with van der Waals surface area (Å²) < 4.78 is 0. The largest absolute Gasteiger partial charge is 0.480 e. The van der Waals surface area contributed by atoms with Gasteiger partial charge in [-0.05, 0) is 31.4 Å². The number of hydrogen-bond donors (Lipinski definition) is 2. The fourth-order valence-electron chi connectivity index (χ4n) is 2.15. The second-order valence-electron chi connectivity index (χ2n) is 4.78. The fraction of sp³-hybridized carbons (Fsp3) is 0.533. The quantitative estimate of drug-likeness (QED) is 0.779. The molecule has 0 saturated carbocycles. The summed E-state index contributed by atoms with van der Waals surface area (Å²) in [5.74, 6) is -0.760. The molecule has 0 aliphatic rings. The lowest BCUT2D eigenvalue weighted by atomic mass is 10.0. The molecular weight excluding hydrogens is 226 g/mol. The molecule has 1 unspecified atom stereocenters. The van der Waals surface area contributed by atoms with E-state index in [1.165, 1.54) is 11.1 Å². The van der Waals surface area contributed by atoms with E-state index in [1.807, 2.05) is 25.1 Å². The van der Waals surface area contributed by atoms with Crippen LogP contribution in [0.4, 0.5) is 0 Å². The highest BCUT2D eigenvalue weighted by Crippen LogP contribution is 2.18. The molecule has 100 valence electrons. The molecular formula is C15H23NO2. The highest BCUT2D eigenvalue weighted by atomic mass is 16.4. The Hall–Kier alpha value is -1.35. The molecule has 2 N–H and O–H groups in total. The van der Waals surface area contributed by atoms with Gasteiger partial charge in [-0.1, -0.05) is 44.0 Å². The highest BCUT2D eigenvalue weighted by molar-refractivity contribution is 5.73. The van der Waals surface area contributed by atoms with Crippen molar-refractivity contribution in [1.82, 2.24) is 5.32 Å². The molecule has 0 spiro atoms. The van der Waals surface area contributed by atoms with Gasteiger partial charge in [0.1, 0.15) is 6.04 Å². The van der Waals surface area contributed by atoms with E-state index < -0.39 is 12.0 Å². The van der Waals surface area contributed by atoms with Crippen LogP contribution < -0.4 is 5.32 Å². The Kier molecular flexibility index (Phi) is 5.86. The molecule has 1 aromatic rings. The van der Waals surface area contributed by atoms with Crippen molar-refractivity contribution >= 4 is 5.97 Å². The molecule has 0 aliphatic carbocycles. The minimum Gasteiger partial charge on any atom is -0.480 e. The summed E-state index contributed by atoms with van der Waals surface area (Å²) in [4.78, 5) is 11.2. The molecule has 0 fully saturated rings. The van der Waals surface area contributed by atoms with Crippen LogP contribution in [-0.4, -0.2) is 17.1 Å². The van der Waals surface area contributed by atoms with Gasteiger partial charge in [0.25, 0.3) is 0 Å². The summed E-state index contributed by atoms with van der Waals surface area (Å²) in [5.41, 5.74) is 2.36. The van der Waals surface area contributed by atoms with E-state index in [9.17, 15) is 9.90 Å². The lowest BCUT2D eigenvalue weighted by Crippen LogP contribution is -2.38. The maximum Gasteiger partial charge on any atom is 0.320 e. The number of carboxylic acids is 1. The number of rotatable bonds is 7. The molecule has 0 amide bonds. The lowest BCUT2D eigenvalue weighted by Gasteiger charge is -2.21. The molecule has 0 saturated heterocycles. The molecule has 0 heterocycles. The van der Waals surface area contributed by atoms with E-state index in [0.29, 0.717) is 6.42 Å². The fourth-order valence-corrected chi connectivity index (χ4v) is 2.15. The van der Waals surface area contributed by atoms with Gasteiger partial charge < -0.3 is 5.11 Å². The maximum atomic E-state index is 11.2. The van der Waals surface area contributed by atoms with E-state index >= 15 is 0 Å². The highest BCUT2D eigenvalue weighted by Gasteiger charge is 2.20. The van der Waals surface area contributed by atoms with Crippen LogP contribution in [0, 0.1) is 6.92 Å². The van der Waals surface area contributed by atoms with Crippen LogP contribution in [0.1, 0.15) is 50.3 Å². The Labute approximate surface area is 109 Å². The van der Waals surface area contributed by atoms with Crippen molar-refractivity contribution < 1.29 is 9.90 Å². The van der Waals surface area contributed by atoms with Crippen molar-refractivity contribution in [3.8, 4) is 0 Å². The summed E-state index contributed by atoms with van der Waals surface area (Å²) in [6.07, 6.45) is 2.64. The Balaban J connectivity index is 2.69. The first-order valence-electron chi connectivity index (χ1n) is 6.60. The van der Waals surface area contributed by atoms with E-state index in [4.69, 9.17) is 0 Å². The zero-order valence-corrected chi connectivity index (χ0v) is 11.4. The van der Waals surface area contributed by atoms with E-state index in [1.54, 1.807) is 0 Å². The molecule has 1 rings (SSSR count). The summed E-state index contributed by atoms with van der Waals surface area (Å²) in [5, 5.41) is 12.4. The van der Waals surface area contributed by atoms with Crippen molar-refractivity contribution in [2.24, 2.45) is 0 Å². The van der Waals surface area contributed by atoms with E-state index in [-0.39, 0.29) is 6.04 Å². The third-order valence-corrected chi connectivity index (χ3v) is 3.25. The van der Waals surface area contributed by atoms with Gasteiger partial charge in [0.05, 0.1) is 0 Å². The number of carbonyl (C=O) groups is 1. The first-order valence-corrected chi connectivity index (χ1v) is 6.60. The van der Waals surface area contributed by atoms with Gasteiger partial charge in [-0.15, -0.1) is 0 Å². The third-order valence-electron chi connectivity index (χ3n) is 3.25. The SMILES string of the molecule is CCCCC(N[C@@H](C)c1ccccc1C)C(=O)O. The molecule has 18 heavy (non-hydrogen) atoms. The minimum atomic E-state index is -0.760. The molecule has 0 radical (unpaired) electrons. The molecule has 0 bridgehead atoms. The number of unbranched alkanes of at least 4 members (excludes halogenated alkanes) is 1. The first-order chi connectivity index (χ1) is 8.56. The first kappa shape index (κ1) is 14.7. The average molecular weight is 249 g/mol. The summed E-state index contributed by atoms with van der Waals surface area (Å²) in [7, 11) is 0. The van der Waals surface area contributed by atoms with E-state index in [2.05, 4.69) is 25.2 Å². The van der Waals surface area contributed by atoms with Crippen molar-refractivity contribution in [3.05, 3.63) is 35.4 Å². The summed E-state index contributed by atoms with van der Waals surface area (Å²) in [6, 6.07) is 7.68. The van der Waals surface area contributed by atoms with Crippen molar-refractivity contribution in [2.75, 3.05) is 0 Å². The smallest absolute Gasteiger partial charge is 0.320 e.